The summed E-state index contributed by atoms with van der Waals surface area (Å²) in [6.07, 6.45) is 0. The van der Waals surface area contributed by atoms with Crippen molar-refractivity contribution >= 4 is 0 Å². The molecule has 0 saturated heterocycles. The zero-order chi connectivity index (χ0) is 5.11. The molecule has 0 aliphatic carbocycles. The molecule has 2 heteroatoms. The molecule has 0 radical (unpaired) electrons. The molecule has 0 aliphatic rings. The first kappa shape index (κ1) is 12.2. The van der Waals surface area contributed by atoms with Crippen LogP contribution in [0.3, 0.4) is 0 Å². The van der Waals surface area contributed by atoms with Gasteiger partial charge in [-0.15, -0.1) is 0 Å². The van der Waals surface area contributed by atoms with Crippen LogP contribution in [0.2, 0.25) is 0 Å². The summed E-state index contributed by atoms with van der Waals surface area (Å²) in [6.45, 7) is 2.08. The summed E-state index contributed by atoms with van der Waals surface area (Å²) in [5.74, 6) is 0. The molecule has 1 aromatic carbocycles. The Morgan fingerprint density at radius 1 is 1.00 bits per heavy atom. The Kier molecular flexibility index (Phi) is 8.98. The molecule has 0 bridgehead atoms. The minimum atomic E-state index is 0. The van der Waals surface area contributed by atoms with Crippen LogP contribution in [0.1, 0.15) is 5.56 Å². The van der Waals surface area contributed by atoms with Crippen molar-refractivity contribution in [3.63, 3.8) is 0 Å². The Bertz CT molecular complexity index is 139. The van der Waals surface area contributed by atoms with Gasteiger partial charge in [-0.2, -0.15) is 0 Å². The Hall–Kier alpha value is 0.505. The summed E-state index contributed by atoms with van der Waals surface area (Å²) < 4.78 is 0. The van der Waals surface area contributed by atoms with E-state index in [1.807, 2.05) is 18.2 Å². The minimum absolute atomic E-state index is 0. The van der Waals surface area contributed by atoms with E-state index in [1.165, 1.54) is 5.56 Å². The molecule has 0 aromatic heterocycles. The summed E-state index contributed by atoms with van der Waals surface area (Å²) in [5, 5.41) is 0. The molecule has 0 heterocycles. The second kappa shape index (κ2) is 6.62. The quantitative estimate of drug-likeness (QED) is 0.678. The molecule has 0 unspecified atom stereocenters. The van der Waals surface area contributed by atoms with Crippen LogP contribution in [0.25, 0.3) is 0 Å². The molecular weight excluding hydrogens is 332 g/mol. The maximum atomic E-state index is 2.08. The van der Waals surface area contributed by atoms with E-state index in [9.17, 15) is 0 Å². The molecule has 1 nitrogen and oxygen atoms in total. The van der Waals surface area contributed by atoms with Gasteiger partial charge in [0.05, 0.1) is 0 Å². The first-order valence-electron chi connectivity index (χ1n) is 2.41. The van der Waals surface area contributed by atoms with Gasteiger partial charge in [-0.25, -0.2) is 0 Å². The van der Waals surface area contributed by atoms with Crippen LogP contribution in [-0.4, -0.2) is 5.48 Å². The van der Waals surface area contributed by atoms with E-state index in [4.69, 9.17) is 0 Å². The third-order valence-corrected chi connectivity index (χ3v) is 0.940. The summed E-state index contributed by atoms with van der Waals surface area (Å²) in [5.41, 5.74) is 1.32. The molecular formula is C7H10OTh. The summed E-state index contributed by atoms with van der Waals surface area (Å²) in [7, 11) is 0. The molecule has 0 spiro atoms. The topological polar surface area (TPSA) is 31.5 Å². The average Bonchev–Trinajstić information content (AvgIpc) is 1.69. The first-order chi connectivity index (χ1) is 3.39. The van der Waals surface area contributed by atoms with Crippen LogP contribution in [-0.2, 0) is 0 Å². The van der Waals surface area contributed by atoms with Crippen molar-refractivity contribution in [2.75, 3.05) is 0 Å². The molecule has 0 saturated carbocycles. The Balaban J connectivity index is 0. The first-order valence-corrected chi connectivity index (χ1v) is 2.41. The van der Waals surface area contributed by atoms with Crippen LogP contribution in [0, 0.1) is 46.9 Å². The van der Waals surface area contributed by atoms with E-state index in [0.29, 0.717) is 0 Å². The van der Waals surface area contributed by atoms with E-state index < -0.39 is 0 Å². The van der Waals surface area contributed by atoms with Gasteiger partial charge < -0.3 is 5.48 Å². The number of aryl methyl sites for hydroxylation is 1. The second-order valence-corrected chi connectivity index (χ2v) is 1.65. The predicted molar refractivity (Wildman–Crippen MR) is 34.8 cm³/mol. The SMILES string of the molecule is Cc1ccccc1.O.[Th]. The summed E-state index contributed by atoms with van der Waals surface area (Å²) in [6, 6.07) is 10.3. The zero-order valence-electron chi connectivity index (χ0n) is 5.39. The summed E-state index contributed by atoms with van der Waals surface area (Å²) in [4.78, 5) is 0. The van der Waals surface area contributed by atoms with Crippen molar-refractivity contribution in [2.24, 2.45) is 0 Å². The Morgan fingerprint density at radius 2 is 1.44 bits per heavy atom. The van der Waals surface area contributed by atoms with E-state index >= 15 is 0 Å². The van der Waals surface area contributed by atoms with Crippen molar-refractivity contribution in [1.82, 2.24) is 0 Å². The monoisotopic (exact) mass is 342 g/mol. The molecule has 0 atom stereocenters. The molecule has 0 amide bonds. The van der Waals surface area contributed by atoms with Gasteiger partial charge in [-0.3, -0.25) is 0 Å². The largest absolute Gasteiger partial charge is 0.412 e. The van der Waals surface area contributed by atoms with Gasteiger partial charge >= 0.3 is 0 Å². The normalized spacial score (nSPS) is 6.78. The molecule has 0 fully saturated rings. The number of hydrogen-bond donors (Lipinski definition) is 0. The fraction of sp³-hybridized carbons (Fsp3) is 0.143. The van der Waals surface area contributed by atoms with Crippen molar-refractivity contribution in [3.05, 3.63) is 35.9 Å². The molecule has 0 aliphatic heterocycles. The maximum Gasteiger partial charge on any atom is 0 e. The van der Waals surface area contributed by atoms with E-state index in [-0.39, 0.29) is 45.4 Å². The van der Waals surface area contributed by atoms with Gasteiger partial charge in [0.25, 0.3) is 0 Å². The van der Waals surface area contributed by atoms with Crippen molar-refractivity contribution in [2.45, 2.75) is 6.92 Å². The molecule has 1 aromatic rings. The van der Waals surface area contributed by atoms with E-state index in [1.54, 1.807) is 0 Å². The molecule has 9 heavy (non-hydrogen) atoms. The van der Waals surface area contributed by atoms with Crippen LogP contribution < -0.4 is 0 Å². The maximum absolute atomic E-state index is 2.08. The van der Waals surface area contributed by atoms with Crippen molar-refractivity contribution in [3.8, 4) is 0 Å². The molecule has 2 N–H and O–H groups in total. The minimum Gasteiger partial charge on any atom is -0.412 e. The van der Waals surface area contributed by atoms with Gasteiger partial charge in [-0.05, 0) is 6.92 Å². The van der Waals surface area contributed by atoms with E-state index in [2.05, 4.69) is 19.1 Å². The average molecular weight is 342 g/mol. The van der Waals surface area contributed by atoms with Crippen LogP contribution >= 0.6 is 0 Å². The molecule has 48 valence electrons. The van der Waals surface area contributed by atoms with Crippen molar-refractivity contribution < 1.29 is 45.4 Å². The Morgan fingerprint density at radius 3 is 1.67 bits per heavy atom. The van der Waals surface area contributed by atoms with Gasteiger partial charge in [-0.1, -0.05) is 35.9 Å². The van der Waals surface area contributed by atoms with Gasteiger partial charge in [0.2, 0.25) is 0 Å². The van der Waals surface area contributed by atoms with Crippen LogP contribution in [0.5, 0.6) is 0 Å². The standard InChI is InChI=1S/C7H8.H2O.Th/c1-7-5-3-2-4-6-7;;/h2-6H,1H3;1H2;. The number of benzene rings is 1. The number of hydrogen-bond acceptors (Lipinski definition) is 0. The fourth-order valence-electron chi connectivity index (χ4n) is 0.534. The van der Waals surface area contributed by atoms with Gasteiger partial charge in [0.15, 0.2) is 0 Å². The zero-order valence-corrected chi connectivity index (χ0v) is 9.50. The summed E-state index contributed by atoms with van der Waals surface area (Å²) >= 11 is 0. The van der Waals surface area contributed by atoms with Crippen molar-refractivity contribution in [1.29, 1.82) is 0 Å². The van der Waals surface area contributed by atoms with Crippen LogP contribution in [0.15, 0.2) is 30.3 Å². The smallest absolute Gasteiger partial charge is 0 e. The Labute approximate surface area is 87.5 Å². The van der Waals surface area contributed by atoms with E-state index in [0.717, 1.165) is 0 Å². The predicted octanol–water partition coefficient (Wildman–Crippen LogP) is 1.17. The number of rotatable bonds is 0. The molecule has 1 rings (SSSR count). The fourth-order valence-corrected chi connectivity index (χ4v) is 0.534. The third kappa shape index (κ3) is 4.98. The second-order valence-electron chi connectivity index (χ2n) is 1.65. The third-order valence-electron chi connectivity index (χ3n) is 0.940. The van der Waals surface area contributed by atoms with Gasteiger partial charge in [0.1, 0.15) is 0 Å². The van der Waals surface area contributed by atoms with Crippen LogP contribution in [0.4, 0.5) is 0 Å². The van der Waals surface area contributed by atoms with Gasteiger partial charge in [0, 0.05) is 39.9 Å².